The van der Waals surface area contributed by atoms with E-state index in [1.54, 1.807) is 12.1 Å². The van der Waals surface area contributed by atoms with E-state index in [2.05, 4.69) is 17.7 Å². The van der Waals surface area contributed by atoms with Crippen molar-refractivity contribution in [2.24, 2.45) is 0 Å². The van der Waals surface area contributed by atoms with Crippen LogP contribution in [0.25, 0.3) is 5.70 Å². The lowest BCUT2D eigenvalue weighted by Crippen LogP contribution is -2.19. The third-order valence-electron chi connectivity index (χ3n) is 2.60. The average Bonchev–Trinajstić information content (AvgIpc) is 2.39. The number of hydrogen-bond acceptors (Lipinski definition) is 2. The summed E-state index contributed by atoms with van der Waals surface area (Å²) in [6, 6.07) is 4.28. The van der Waals surface area contributed by atoms with Crippen LogP contribution in [-0.4, -0.2) is 18.7 Å². The smallest absolute Gasteiger partial charge is 0.259 e. The monoisotopic (exact) mass is 315 g/mol. The molecule has 0 saturated heterocycles. The molecule has 1 aromatic carbocycles. The fraction of sp³-hybridized carbons (Fsp3) is 0.167. The Hall–Kier alpha value is -0.940. The molecule has 2 rings (SSSR count). The molecule has 0 bridgehead atoms. The first-order valence-electron chi connectivity index (χ1n) is 5.50. The Balaban J connectivity index is 2.45. The Morgan fingerprint density at radius 1 is 1.42 bits per heavy atom. The minimum Gasteiger partial charge on any atom is -0.486 e. The first kappa shape index (κ1) is 14.5. The van der Waals surface area contributed by atoms with Gasteiger partial charge in [-0.3, -0.25) is 4.57 Å². The lowest BCUT2D eigenvalue weighted by atomic mass is 10.1. The normalized spacial score (nSPS) is 21.2. The van der Waals surface area contributed by atoms with Crippen LogP contribution in [0.5, 0.6) is 5.75 Å². The summed E-state index contributed by atoms with van der Waals surface area (Å²) >= 11 is 0. The van der Waals surface area contributed by atoms with Crippen molar-refractivity contribution in [3.05, 3.63) is 35.7 Å². The molecule has 0 fully saturated rings. The van der Waals surface area contributed by atoms with Gasteiger partial charge in [-0.05, 0) is 47.0 Å². The SMILES string of the molecule is C=PP(=O)(NC1=CC(C)Oc2ccc(F)cc21)P=C. The fourth-order valence-corrected chi connectivity index (χ4v) is 4.63. The van der Waals surface area contributed by atoms with Gasteiger partial charge < -0.3 is 9.82 Å². The fourth-order valence-electron chi connectivity index (χ4n) is 1.74. The van der Waals surface area contributed by atoms with Crippen molar-refractivity contribution in [2.75, 3.05) is 0 Å². The Kier molecular flexibility index (Phi) is 4.26. The standard InChI is InChI=1S/C12H13FNO2P3/c1-8-6-11(14-19(15,17-2)18-3)10-7-9(13)4-5-12(10)16-8/h4-8H,2-3H2,1H3,(H,14,15). The average molecular weight is 315 g/mol. The molecular weight excluding hydrogens is 302 g/mol. The highest BCUT2D eigenvalue weighted by molar-refractivity contribution is 8.52. The van der Waals surface area contributed by atoms with Crippen molar-refractivity contribution in [3.63, 3.8) is 0 Å². The van der Waals surface area contributed by atoms with Gasteiger partial charge in [0.1, 0.15) is 17.7 Å². The van der Waals surface area contributed by atoms with Gasteiger partial charge in [0, 0.05) is 5.56 Å². The van der Waals surface area contributed by atoms with E-state index >= 15 is 0 Å². The van der Waals surface area contributed by atoms with E-state index in [0.717, 1.165) is 0 Å². The lowest BCUT2D eigenvalue weighted by molar-refractivity contribution is 0.264. The molecule has 100 valence electrons. The molecule has 0 aliphatic carbocycles. The van der Waals surface area contributed by atoms with Gasteiger partial charge in [-0.15, -0.1) is 0 Å². The van der Waals surface area contributed by atoms with Crippen molar-refractivity contribution in [2.45, 2.75) is 13.0 Å². The maximum atomic E-state index is 13.4. The molecule has 3 nitrogen and oxygen atoms in total. The molecule has 0 aromatic heterocycles. The minimum absolute atomic E-state index is 0.170. The number of halogens is 1. The van der Waals surface area contributed by atoms with E-state index in [4.69, 9.17) is 4.74 Å². The molecule has 19 heavy (non-hydrogen) atoms. The first-order chi connectivity index (χ1) is 8.97. The first-order valence-corrected chi connectivity index (χ1v) is 10.8. The maximum Gasteiger partial charge on any atom is 0.259 e. The second-order valence-corrected chi connectivity index (χ2v) is 11.9. The van der Waals surface area contributed by atoms with Gasteiger partial charge in [-0.1, -0.05) is 12.6 Å². The van der Waals surface area contributed by atoms with Crippen molar-refractivity contribution < 1.29 is 13.7 Å². The number of fused-ring (bicyclic) bond motifs is 1. The van der Waals surface area contributed by atoms with E-state index < -0.39 is 6.67 Å². The van der Waals surface area contributed by atoms with Crippen molar-refractivity contribution >= 4 is 40.8 Å². The second-order valence-electron chi connectivity index (χ2n) is 3.98. The van der Waals surface area contributed by atoms with Gasteiger partial charge in [-0.25, -0.2) is 4.39 Å². The van der Waals surface area contributed by atoms with Crippen LogP contribution in [-0.2, 0) is 4.57 Å². The molecule has 0 saturated carbocycles. The number of nitrogens with one attached hydrogen (secondary N) is 1. The minimum atomic E-state index is -2.72. The van der Waals surface area contributed by atoms with Gasteiger partial charge in [0.05, 0.1) is 5.70 Å². The van der Waals surface area contributed by atoms with Gasteiger partial charge in [-0.2, -0.15) is 0 Å². The van der Waals surface area contributed by atoms with Crippen molar-refractivity contribution in [1.29, 1.82) is 0 Å². The van der Waals surface area contributed by atoms with Crippen LogP contribution in [0.2, 0.25) is 0 Å². The van der Waals surface area contributed by atoms with E-state index in [-0.39, 0.29) is 11.9 Å². The predicted octanol–water partition coefficient (Wildman–Crippen LogP) is 4.40. The zero-order valence-corrected chi connectivity index (χ0v) is 13.0. The van der Waals surface area contributed by atoms with Crippen molar-refractivity contribution in [1.82, 2.24) is 5.09 Å². The van der Waals surface area contributed by atoms with Crippen LogP contribution >= 0.6 is 22.5 Å². The molecule has 1 atom stereocenters. The highest BCUT2D eigenvalue weighted by Gasteiger charge is 2.23. The van der Waals surface area contributed by atoms with Crippen LogP contribution < -0.4 is 9.82 Å². The zero-order chi connectivity index (χ0) is 14.0. The predicted molar refractivity (Wildman–Crippen MR) is 83.3 cm³/mol. The molecule has 1 N–H and O–H groups in total. The van der Waals surface area contributed by atoms with Gasteiger partial charge >= 0.3 is 0 Å². The summed E-state index contributed by atoms with van der Waals surface area (Å²) in [6.07, 6.45) is 8.92. The summed E-state index contributed by atoms with van der Waals surface area (Å²) in [5, 5.41) is 2.97. The lowest BCUT2D eigenvalue weighted by Gasteiger charge is -2.25. The third kappa shape index (κ3) is 3.15. The number of ether oxygens (including phenoxy) is 1. The second kappa shape index (κ2) is 5.59. The van der Waals surface area contributed by atoms with E-state index in [1.165, 1.54) is 12.1 Å². The number of hydrogen-bond donors (Lipinski definition) is 1. The highest BCUT2D eigenvalue weighted by atomic mass is 32.4. The molecule has 1 aliphatic rings. The van der Waals surface area contributed by atoms with Crippen LogP contribution in [0.15, 0.2) is 24.3 Å². The Bertz CT molecular complexity index is 603. The summed E-state index contributed by atoms with van der Waals surface area (Å²) in [7, 11) is 0.987. The molecule has 1 aliphatic heterocycles. The molecule has 1 heterocycles. The number of benzene rings is 1. The maximum absolute atomic E-state index is 13.4. The van der Waals surface area contributed by atoms with Crippen molar-refractivity contribution in [3.8, 4) is 5.75 Å². The highest BCUT2D eigenvalue weighted by Crippen LogP contribution is 2.65. The Morgan fingerprint density at radius 2 is 2.11 bits per heavy atom. The molecule has 7 heteroatoms. The summed E-state index contributed by atoms with van der Waals surface area (Å²) in [6.45, 7) is -0.857. The van der Waals surface area contributed by atoms with Gasteiger partial charge in [0.2, 0.25) is 0 Å². The molecule has 1 unspecified atom stereocenters. The summed E-state index contributed by atoms with van der Waals surface area (Å²) in [5.74, 6) is 0.214. The number of rotatable bonds is 4. The summed E-state index contributed by atoms with van der Waals surface area (Å²) in [5.41, 5.74) is 1.19. The molecule has 0 spiro atoms. The van der Waals surface area contributed by atoms with Crippen LogP contribution in [0, 0.1) is 5.82 Å². The Labute approximate surface area is 114 Å². The van der Waals surface area contributed by atoms with Crippen LogP contribution in [0.4, 0.5) is 4.39 Å². The molecule has 0 radical (unpaired) electrons. The quantitative estimate of drug-likeness (QED) is 0.837. The van der Waals surface area contributed by atoms with Crippen LogP contribution in [0.1, 0.15) is 12.5 Å². The van der Waals surface area contributed by atoms with Crippen LogP contribution in [0.3, 0.4) is 0 Å². The van der Waals surface area contributed by atoms with E-state index in [9.17, 15) is 8.96 Å². The van der Waals surface area contributed by atoms with Gasteiger partial charge in [0.15, 0.2) is 0 Å². The molecular formula is C12H13FNO2P3. The summed E-state index contributed by atoms with van der Waals surface area (Å²) in [4.78, 5) is 0. The zero-order valence-electron chi connectivity index (χ0n) is 10.3. The molecule has 0 amide bonds. The van der Waals surface area contributed by atoms with E-state index in [0.29, 0.717) is 32.8 Å². The van der Waals surface area contributed by atoms with E-state index in [1.807, 2.05) is 6.92 Å². The van der Waals surface area contributed by atoms with Gasteiger partial charge in [0.25, 0.3) is 6.67 Å². The topological polar surface area (TPSA) is 38.3 Å². The summed E-state index contributed by atoms with van der Waals surface area (Å²) < 4.78 is 31.3. The molecule has 1 aromatic rings. The Morgan fingerprint density at radius 3 is 2.74 bits per heavy atom. The third-order valence-corrected chi connectivity index (χ3v) is 9.07. The largest absolute Gasteiger partial charge is 0.486 e.